The first-order valence-corrected chi connectivity index (χ1v) is 11.2. The zero-order chi connectivity index (χ0) is 18.4. The second-order valence-corrected chi connectivity index (χ2v) is 8.93. The number of ether oxygens (including phenoxy) is 1. The molecular formula is C23H45NO. The molecule has 2 heteroatoms. The molecule has 25 heavy (non-hydrogen) atoms. The van der Waals surface area contributed by atoms with Crippen LogP contribution in [-0.4, -0.2) is 18.0 Å². The van der Waals surface area contributed by atoms with E-state index < -0.39 is 0 Å². The van der Waals surface area contributed by atoms with Crippen LogP contribution in [0, 0.1) is 5.92 Å². The van der Waals surface area contributed by atoms with Crippen molar-refractivity contribution in [2.75, 3.05) is 6.61 Å². The van der Waals surface area contributed by atoms with E-state index in [1.165, 1.54) is 89.9 Å². The highest BCUT2D eigenvalue weighted by molar-refractivity contribution is 5.78. The smallest absolute Gasteiger partial charge is 0.183 e. The fourth-order valence-corrected chi connectivity index (χ4v) is 3.68. The zero-order valence-electron chi connectivity index (χ0n) is 17.7. The highest BCUT2D eigenvalue weighted by Crippen LogP contribution is 2.20. The molecule has 1 aliphatic heterocycles. The summed E-state index contributed by atoms with van der Waals surface area (Å²) in [7, 11) is 0. The van der Waals surface area contributed by atoms with E-state index >= 15 is 0 Å². The Hall–Kier alpha value is -0.530. The summed E-state index contributed by atoms with van der Waals surface area (Å²) in [5.41, 5.74) is 0.0159. The van der Waals surface area contributed by atoms with E-state index in [2.05, 4.69) is 32.7 Å². The highest BCUT2D eigenvalue weighted by atomic mass is 16.5. The minimum atomic E-state index is 0.0159. The van der Waals surface area contributed by atoms with E-state index in [1.807, 2.05) is 0 Å². The van der Waals surface area contributed by atoms with Gasteiger partial charge >= 0.3 is 0 Å². The van der Waals surface area contributed by atoms with Gasteiger partial charge in [-0.2, -0.15) is 0 Å². The number of unbranched alkanes of at least 4 members (excludes halogenated alkanes) is 10. The summed E-state index contributed by atoms with van der Waals surface area (Å²) in [5.74, 6) is 1.94. The molecule has 0 aromatic heterocycles. The van der Waals surface area contributed by atoms with Crippen molar-refractivity contribution in [3.63, 3.8) is 0 Å². The second kappa shape index (κ2) is 13.6. The van der Waals surface area contributed by atoms with Crippen LogP contribution in [0.5, 0.6) is 0 Å². The summed E-state index contributed by atoms with van der Waals surface area (Å²) >= 11 is 0. The third kappa shape index (κ3) is 12.5. The van der Waals surface area contributed by atoms with Gasteiger partial charge in [-0.25, -0.2) is 4.99 Å². The molecule has 0 N–H and O–H groups in total. The maximum Gasteiger partial charge on any atom is 0.183 e. The maximum atomic E-state index is 5.65. The van der Waals surface area contributed by atoms with E-state index in [0.717, 1.165) is 24.8 Å². The Morgan fingerprint density at radius 3 is 1.88 bits per heavy atom. The average Bonchev–Trinajstić information content (AvgIpc) is 2.92. The van der Waals surface area contributed by atoms with Crippen LogP contribution in [0.3, 0.4) is 0 Å². The molecule has 1 rings (SSSR count). The van der Waals surface area contributed by atoms with E-state index in [4.69, 9.17) is 4.74 Å². The predicted molar refractivity (Wildman–Crippen MR) is 112 cm³/mol. The van der Waals surface area contributed by atoms with E-state index in [1.54, 1.807) is 0 Å². The van der Waals surface area contributed by atoms with Crippen molar-refractivity contribution in [2.45, 2.75) is 130 Å². The van der Waals surface area contributed by atoms with Gasteiger partial charge in [-0.15, -0.1) is 0 Å². The molecule has 0 amide bonds. The van der Waals surface area contributed by atoms with Crippen LogP contribution in [0.1, 0.15) is 124 Å². The number of hydrogen-bond acceptors (Lipinski definition) is 2. The van der Waals surface area contributed by atoms with Gasteiger partial charge in [-0.05, 0) is 26.2 Å². The van der Waals surface area contributed by atoms with Gasteiger partial charge in [0.1, 0.15) is 6.61 Å². The highest BCUT2D eigenvalue weighted by Gasteiger charge is 2.25. The monoisotopic (exact) mass is 351 g/mol. The summed E-state index contributed by atoms with van der Waals surface area (Å²) in [5, 5.41) is 0. The standard InChI is InChI=1S/C23H45NO/c1-5-6-7-11-14-17-21(2)18-15-12-9-8-10-13-16-19-22-24-23(3,4)20-25-22/h21H,5-20H2,1-4H3. The molecule has 1 atom stereocenters. The van der Waals surface area contributed by atoms with Gasteiger partial charge in [0.05, 0.1) is 5.54 Å². The summed E-state index contributed by atoms with van der Waals surface area (Å²) in [6, 6.07) is 0. The molecule has 0 bridgehead atoms. The molecule has 0 fully saturated rings. The lowest BCUT2D eigenvalue weighted by atomic mass is 9.96. The Kier molecular flexibility index (Phi) is 12.3. The average molecular weight is 352 g/mol. The first-order valence-electron chi connectivity index (χ1n) is 11.2. The molecule has 0 spiro atoms. The van der Waals surface area contributed by atoms with Crippen molar-refractivity contribution in [3.8, 4) is 0 Å². The Morgan fingerprint density at radius 2 is 1.36 bits per heavy atom. The van der Waals surface area contributed by atoms with E-state index in [9.17, 15) is 0 Å². The predicted octanol–water partition coefficient (Wildman–Crippen LogP) is 7.70. The number of aliphatic imine (C=N–C) groups is 1. The Labute approximate surface area is 158 Å². The van der Waals surface area contributed by atoms with Gasteiger partial charge in [-0.3, -0.25) is 0 Å². The Bertz CT molecular complexity index is 348. The zero-order valence-corrected chi connectivity index (χ0v) is 17.7. The summed E-state index contributed by atoms with van der Waals surface area (Å²) in [6.07, 6.45) is 20.7. The molecule has 0 saturated carbocycles. The summed E-state index contributed by atoms with van der Waals surface area (Å²) < 4.78 is 5.65. The van der Waals surface area contributed by atoms with Gasteiger partial charge in [0.2, 0.25) is 0 Å². The first-order chi connectivity index (χ1) is 12.0. The van der Waals surface area contributed by atoms with Crippen LogP contribution >= 0.6 is 0 Å². The fraction of sp³-hybridized carbons (Fsp3) is 0.957. The Balaban J connectivity index is 1.81. The van der Waals surface area contributed by atoms with Crippen LogP contribution in [-0.2, 0) is 4.74 Å². The molecular weight excluding hydrogens is 306 g/mol. The van der Waals surface area contributed by atoms with Gasteiger partial charge in [0, 0.05) is 6.42 Å². The fourth-order valence-electron chi connectivity index (χ4n) is 3.68. The van der Waals surface area contributed by atoms with E-state index in [-0.39, 0.29) is 5.54 Å². The number of hydrogen-bond donors (Lipinski definition) is 0. The van der Waals surface area contributed by atoms with Crippen LogP contribution in [0.4, 0.5) is 0 Å². The van der Waals surface area contributed by atoms with Gasteiger partial charge in [0.15, 0.2) is 5.90 Å². The van der Waals surface area contributed by atoms with Gasteiger partial charge in [0.25, 0.3) is 0 Å². The van der Waals surface area contributed by atoms with Crippen molar-refractivity contribution >= 4 is 5.90 Å². The molecule has 0 saturated heterocycles. The van der Waals surface area contributed by atoms with Crippen molar-refractivity contribution in [3.05, 3.63) is 0 Å². The summed E-state index contributed by atoms with van der Waals surface area (Å²) in [6.45, 7) is 9.80. The van der Waals surface area contributed by atoms with Crippen LogP contribution in [0.25, 0.3) is 0 Å². The largest absolute Gasteiger partial charge is 0.478 e. The van der Waals surface area contributed by atoms with Crippen LogP contribution < -0.4 is 0 Å². The second-order valence-electron chi connectivity index (χ2n) is 8.93. The molecule has 1 aliphatic rings. The van der Waals surface area contributed by atoms with Gasteiger partial charge < -0.3 is 4.74 Å². The van der Waals surface area contributed by atoms with Crippen molar-refractivity contribution in [2.24, 2.45) is 10.9 Å². The third-order valence-corrected chi connectivity index (χ3v) is 5.41. The summed E-state index contributed by atoms with van der Waals surface area (Å²) in [4.78, 5) is 4.63. The lowest BCUT2D eigenvalue weighted by Crippen LogP contribution is -2.17. The minimum absolute atomic E-state index is 0.0159. The van der Waals surface area contributed by atoms with Crippen LogP contribution in [0.2, 0.25) is 0 Å². The van der Waals surface area contributed by atoms with Crippen molar-refractivity contribution in [1.29, 1.82) is 0 Å². The molecule has 0 aromatic rings. The van der Waals surface area contributed by atoms with Crippen molar-refractivity contribution in [1.82, 2.24) is 0 Å². The Morgan fingerprint density at radius 1 is 0.840 bits per heavy atom. The lowest BCUT2D eigenvalue weighted by Gasteiger charge is -2.11. The normalized spacial score (nSPS) is 17.4. The molecule has 2 nitrogen and oxygen atoms in total. The minimum Gasteiger partial charge on any atom is -0.478 e. The lowest BCUT2D eigenvalue weighted by molar-refractivity contribution is 0.273. The van der Waals surface area contributed by atoms with Crippen LogP contribution in [0.15, 0.2) is 4.99 Å². The van der Waals surface area contributed by atoms with Crippen molar-refractivity contribution < 1.29 is 4.74 Å². The molecule has 0 radical (unpaired) electrons. The van der Waals surface area contributed by atoms with E-state index in [0.29, 0.717) is 0 Å². The third-order valence-electron chi connectivity index (χ3n) is 5.41. The first kappa shape index (κ1) is 22.5. The molecule has 148 valence electrons. The molecule has 0 aliphatic carbocycles. The van der Waals surface area contributed by atoms with Gasteiger partial charge in [-0.1, -0.05) is 97.3 Å². The SMILES string of the molecule is CCCCCCCC(C)CCCCCCCCCC1=NC(C)(C)CO1. The molecule has 0 aromatic carbocycles. The molecule has 1 unspecified atom stereocenters. The maximum absolute atomic E-state index is 5.65. The quantitative estimate of drug-likeness (QED) is 0.261. The number of rotatable bonds is 16. The topological polar surface area (TPSA) is 21.6 Å². The number of nitrogens with zero attached hydrogens (tertiary/aromatic N) is 1. The molecule has 1 heterocycles.